The molecule has 0 amide bonds. The number of thiazole rings is 1. The summed E-state index contributed by atoms with van der Waals surface area (Å²) in [7, 11) is -0.644. The van der Waals surface area contributed by atoms with E-state index in [1.165, 1.54) is 53.2 Å². The summed E-state index contributed by atoms with van der Waals surface area (Å²) in [6.45, 7) is -0.668. The first-order chi connectivity index (χ1) is 19.5. The molecule has 1 aromatic carbocycles. The smallest absolute Gasteiger partial charge is 0.333 e. The molecular formula is C26H28ClF3N6O3S2. The van der Waals surface area contributed by atoms with Gasteiger partial charge in [-0.2, -0.15) is 18.2 Å². The summed E-state index contributed by atoms with van der Waals surface area (Å²) in [6, 6.07) is 4.05. The van der Waals surface area contributed by atoms with Crippen molar-refractivity contribution >= 4 is 44.4 Å². The molecule has 5 rings (SSSR count). The van der Waals surface area contributed by atoms with Crippen LogP contribution in [0.25, 0.3) is 5.57 Å². The van der Waals surface area contributed by atoms with Crippen LogP contribution in [-0.2, 0) is 14.8 Å². The highest BCUT2D eigenvalue weighted by Gasteiger charge is 2.44. The van der Waals surface area contributed by atoms with Gasteiger partial charge < -0.3 is 9.64 Å². The molecule has 2 aliphatic heterocycles. The molecule has 1 saturated heterocycles. The zero-order valence-corrected chi connectivity index (χ0v) is 24.8. The topological polar surface area (TPSA) is 92.9 Å². The Balaban J connectivity index is 1.66. The predicted octanol–water partition coefficient (Wildman–Crippen LogP) is 5.20. The maximum absolute atomic E-state index is 14.0. The van der Waals surface area contributed by atoms with Gasteiger partial charge in [-0.3, -0.25) is 4.99 Å². The van der Waals surface area contributed by atoms with Gasteiger partial charge in [-0.1, -0.05) is 17.7 Å². The van der Waals surface area contributed by atoms with Crippen molar-refractivity contribution in [2.24, 2.45) is 4.99 Å². The van der Waals surface area contributed by atoms with E-state index in [2.05, 4.69) is 10.1 Å². The minimum absolute atomic E-state index is 0.110. The molecule has 4 heterocycles. The highest BCUT2D eigenvalue weighted by atomic mass is 35.5. The van der Waals surface area contributed by atoms with Gasteiger partial charge in [0.25, 0.3) is 0 Å². The van der Waals surface area contributed by atoms with Gasteiger partial charge in [-0.15, -0.1) is 11.3 Å². The Kier molecular flexibility index (Phi) is 8.58. The first-order valence-electron chi connectivity index (χ1n) is 12.8. The average molecular weight is 629 g/mol. The van der Waals surface area contributed by atoms with Gasteiger partial charge in [0.05, 0.1) is 10.9 Å². The fourth-order valence-corrected chi connectivity index (χ4v) is 7.53. The second kappa shape index (κ2) is 11.8. The van der Waals surface area contributed by atoms with Crippen LogP contribution in [0.3, 0.4) is 0 Å². The van der Waals surface area contributed by atoms with Crippen LogP contribution in [0.5, 0.6) is 0 Å². The van der Waals surface area contributed by atoms with Crippen molar-refractivity contribution in [1.29, 1.82) is 0 Å². The summed E-state index contributed by atoms with van der Waals surface area (Å²) in [6.07, 6.45) is 3.38. The van der Waals surface area contributed by atoms with E-state index < -0.39 is 39.7 Å². The zero-order chi connectivity index (χ0) is 29.5. The quantitative estimate of drug-likeness (QED) is 0.306. The Morgan fingerprint density at radius 3 is 2.71 bits per heavy atom. The van der Waals surface area contributed by atoms with E-state index >= 15 is 0 Å². The lowest BCUT2D eigenvalue weighted by molar-refractivity contribution is 0.0564. The molecule has 3 atom stereocenters. The van der Waals surface area contributed by atoms with Gasteiger partial charge >= 0.3 is 6.55 Å². The average Bonchev–Trinajstić information content (AvgIpc) is 3.71. The Morgan fingerprint density at radius 1 is 1.29 bits per heavy atom. The van der Waals surface area contributed by atoms with Crippen molar-refractivity contribution in [2.75, 3.05) is 27.3 Å². The summed E-state index contributed by atoms with van der Waals surface area (Å²) in [5.41, 5.74) is 1.83. The first kappa shape index (κ1) is 29.7. The maximum Gasteiger partial charge on any atom is 0.333 e. The number of aliphatic imine (C=N–C) groups is 1. The predicted molar refractivity (Wildman–Crippen MR) is 151 cm³/mol. The molecule has 0 spiro atoms. The normalized spacial score (nSPS) is 20.2. The summed E-state index contributed by atoms with van der Waals surface area (Å²) in [4.78, 5) is 11.3. The molecule has 1 unspecified atom stereocenters. The van der Waals surface area contributed by atoms with E-state index in [1.807, 2.05) is 4.90 Å². The highest BCUT2D eigenvalue weighted by molar-refractivity contribution is 7.89. The molecule has 41 heavy (non-hydrogen) atoms. The van der Waals surface area contributed by atoms with Crippen LogP contribution in [0.1, 0.15) is 48.6 Å². The van der Waals surface area contributed by atoms with E-state index in [4.69, 9.17) is 21.3 Å². The van der Waals surface area contributed by atoms with Crippen molar-refractivity contribution in [3.63, 3.8) is 0 Å². The number of likely N-dealkylation sites (N-methyl/N-ethyl adjacent to an activating group) is 1. The minimum atomic E-state index is -3.71. The molecule has 2 aliphatic rings. The Morgan fingerprint density at radius 2 is 2.07 bits per heavy atom. The summed E-state index contributed by atoms with van der Waals surface area (Å²) >= 11 is 7.85. The number of hydrogen-bond acceptors (Lipinski definition) is 8. The van der Waals surface area contributed by atoms with Gasteiger partial charge in [-0.25, -0.2) is 22.5 Å². The first-order valence-corrected chi connectivity index (χ1v) is 15.5. The molecule has 2 aromatic heterocycles. The fraction of sp³-hybridized carbons (Fsp3) is 0.423. The minimum Gasteiger partial charge on any atom is -0.385 e. The molecule has 3 aromatic rings. The SMILES string of the molecule is COCCC(C)S(=O)(=O)N(C)[C@H]1CC2=C(c3ccn(C(F)F)n3)[C@H](c3ccc(F)cc3Cl)N=C(c3nccs3)N2C1. The van der Waals surface area contributed by atoms with Crippen LogP contribution in [0.15, 0.2) is 52.7 Å². The number of sulfonamides is 1. The van der Waals surface area contributed by atoms with Crippen molar-refractivity contribution in [2.45, 2.75) is 43.6 Å². The van der Waals surface area contributed by atoms with Crippen LogP contribution >= 0.6 is 22.9 Å². The number of aromatic nitrogens is 3. The van der Waals surface area contributed by atoms with Crippen LogP contribution < -0.4 is 0 Å². The fourth-order valence-electron chi connectivity index (χ4n) is 5.10. The lowest BCUT2D eigenvalue weighted by Gasteiger charge is -2.32. The van der Waals surface area contributed by atoms with Crippen molar-refractivity contribution in [1.82, 2.24) is 24.0 Å². The Bertz CT molecular complexity index is 1580. The molecule has 0 saturated carbocycles. The van der Waals surface area contributed by atoms with Crippen LogP contribution in [0, 0.1) is 5.82 Å². The van der Waals surface area contributed by atoms with Gasteiger partial charge in [-0.05, 0) is 31.5 Å². The Labute approximate surface area is 245 Å². The number of halogens is 4. The van der Waals surface area contributed by atoms with E-state index in [1.54, 1.807) is 25.5 Å². The zero-order valence-electron chi connectivity index (χ0n) is 22.4. The third-order valence-corrected chi connectivity index (χ3v) is 10.8. The molecule has 0 radical (unpaired) electrons. The molecule has 220 valence electrons. The summed E-state index contributed by atoms with van der Waals surface area (Å²) in [5, 5.41) is 5.93. The van der Waals surface area contributed by atoms with Gasteiger partial charge in [0.1, 0.15) is 11.9 Å². The van der Waals surface area contributed by atoms with Gasteiger partial charge in [0.2, 0.25) is 10.0 Å². The van der Waals surface area contributed by atoms with E-state index in [0.29, 0.717) is 45.4 Å². The van der Waals surface area contributed by atoms with Gasteiger partial charge in [0.15, 0.2) is 10.8 Å². The van der Waals surface area contributed by atoms with Crippen LogP contribution in [-0.4, -0.2) is 76.8 Å². The standard InChI is InChI=1S/C26H28ClF3N6O3S2/c1-15(7-10-39-3)41(37,38)34(2)17-13-21-22(20-6-9-36(33-20)26(29)30)23(18-5-4-16(28)12-19(18)27)32-24(35(21)14-17)25-31-8-11-40-25/h4-6,8-9,11-12,15,17,23,26H,7,10,13-14H2,1-3H3/t15?,17-,23-/m0/s1. The molecular weight excluding hydrogens is 601 g/mol. The Hall–Kier alpha value is -2.78. The van der Waals surface area contributed by atoms with Crippen LogP contribution in [0.2, 0.25) is 5.02 Å². The number of rotatable bonds is 10. The second-order valence-corrected chi connectivity index (χ2v) is 13.5. The molecule has 0 aliphatic carbocycles. The molecule has 0 bridgehead atoms. The highest BCUT2D eigenvalue weighted by Crippen LogP contribution is 2.47. The maximum atomic E-state index is 14.0. The molecule has 9 nitrogen and oxygen atoms in total. The molecule has 0 N–H and O–H groups in total. The monoisotopic (exact) mass is 628 g/mol. The number of alkyl halides is 2. The number of fused-ring (bicyclic) bond motifs is 1. The number of amidine groups is 1. The number of nitrogens with zero attached hydrogens (tertiary/aromatic N) is 6. The second-order valence-electron chi connectivity index (χ2n) is 9.80. The third kappa shape index (κ3) is 5.67. The van der Waals surface area contributed by atoms with E-state index in [9.17, 15) is 21.6 Å². The van der Waals surface area contributed by atoms with Crippen molar-refractivity contribution in [3.05, 3.63) is 74.8 Å². The summed E-state index contributed by atoms with van der Waals surface area (Å²) < 4.78 is 75.1. The number of methoxy groups -OCH3 is 1. The largest absolute Gasteiger partial charge is 0.385 e. The lowest BCUT2D eigenvalue weighted by atomic mass is 9.92. The summed E-state index contributed by atoms with van der Waals surface area (Å²) in [5.74, 6) is -0.0509. The van der Waals surface area contributed by atoms with Crippen molar-refractivity contribution in [3.8, 4) is 0 Å². The molecule has 15 heteroatoms. The number of ether oxygens (including phenoxy) is 1. The third-order valence-electron chi connectivity index (χ3n) is 7.36. The molecule has 1 fully saturated rings. The number of benzene rings is 1. The van der Waals surface area contributed by atoms with Crippen molar-refractivity contribution < 1.29 is 26.3 Å². The van der Waals surface area contributed by atoms with E-state index in [-0.39, 0.29) is 23.7 Å². The van der Waals surface area contributed by atoms with Crippen LogP contribution in [0.4, 0.5) is 13.2 Å². The van der Waals surface area contributed by atoms with Gasteiger partial charge in [0, 0.05) is 79.4 Å². The number of hydrogen-bond donors (Lipinski definition) is 0. The lowest BCUT2D eigenvalue weighted by Crippen LogP contribution is -2.44. The van der Waals surface area contributed by atoms with E-state index in [0.717, 1.165) is 0 Å².